The second kappa shape index (κ2) is 6.28. The molecule has 0 unspecified atom stereocenters. The van der Waals surface area contributed by atoms with Crippen LogP contribution in [-0.4, -0.2) is 24.0 Å². The first-order chi connectivity index (χ1) is 11.7. The molecule has 0 saturated heterocycles. The summed E-state index contributed by atoms with van der Waals surface area (Å²) in [5.74, 6) is 1.74. The molecule has 0 radical (unpaired) electrons. The summed E-state index contributed by atoms with van der Waals surface area (Å²) < 4.78 is 11.9. The Kier molecular flexibility index (Phi) is 4.65. The maximum absolute atomic E-state index is 6.25. The third-order valence-corrected chi connectivity index (χ3v) is 5.88. The highest BCUT2D eigenvalue weighted by atomic mass is 35.5. The number of benzene rings is 1. The number of thiophene rings is 1. The van der Waals surface area contributed by atoms with Gasteiger partial charge < -0.3 is 9.47 Å². The minimum absolute atomic E-state index is 0. The van der Waals surface area contributed by atoms with E-state index in [-0.39, 0.29) is 23.5 Å². The molecule has 0 aliphatic carbocycles. The van der Waals surface area contributed by atoms with Gasteiger partial charge in [-0.3, -0.25) is 4.99 Å². The number of methoxy groups -OCH3 is 1. The lowest BCUT2D eigenvalue weighted by atomic mass is 9.82. The van der Waals surface area contributed by atoms with Crippen LogP contribution in [0.25, 0.3) is 0 Å². The summed E-state index contributed by atoms with van der Waals surface area (Å²) in [4.78, 5) is 7.70. The molecule has 0 fully saturated rings. The lowest BCUT2D eigenvalue weighted by molar-refractivity contribution is 0.134. The number of aryl methyl sites for hydroxylation is 1. The van der Waals surface area contributed by atoms with E-state index in [4.69, 9.17) is 14.5 Å². The fourth-order valence-electron chi connectivity index (χ4n) is 3.96. The van der Waals surface area contributed by atoms with E-state index in [9.17, 15) is 0 Å². The van der Waals surface area contributed by atoms with Crippen LogP contribution in [0.3, 0.4) is 0 Å². The molecule has 3 nitrogen and oxygen atoms in total. The van der Waals surface area contributed by atoms with Crippen molar-refractivity contribution in [2.45, 2.75) is 58.6 Å². The van der Waals surface area contributed by atoms with Gasteiger partial charge >= 0.3 is 0 Å². The molecule has 0 spiro atoms. The van der Waals surface area contributed by atoms with Crippen LogP contribution in [0.4, 0.5) is 0 Å². The maximum atomic E-state index is 6.25. The summed E-state index contributed by atoms with van der Waals surface area (Å²) in [6.07, 6.45) is 1.80. The summed E-state index contributed by atoms with van der Waals surface area (Å²) in [6.45, 7) is 10.8. The average Bonchev–Trinajstić information content (AvgIpc) is 3.06. The summed E-state index contributed by atoms with van der Waals surface area (Å²) in [6, 6.07) is 6.53. The van der Waals surface area contributed by atoms with E-state index in [1.165, 1.54) is 26.4 Å². The first kappa shape index (κ1) is 19.2. The first-order valence-electron chi connectivity index (χ1n) is 8.78. The fraction of sp³-hybridized carbons (Fsp3) is 0.476. The van der Waals surface area contributed by atoms with Gasteiger partial charge in [0.25, 0.3) is 0 Å². The minimum atomic E-state index is -0.214. The van der Waals surface area contributed by atoms with Gasteiger partial charge in [-0.2, -0.15) is 0 Å². The Morgan fingerprint density at radius 3 is 2.50 bits per heavy atom. The molecule has 4 rings (SSSR count). The van der Waals surface area contributed by atoms with Crippen LogP contribution >= 0.6 is 23.7 Å². The topological polar surface area (TPSA) is 30.8 Å². The molecule has 5 heteroatoms. The molecule has 0 amide bonds. The first-order valence-corrected chi connectivity index (χ1v) is 9.59. The van der Waals surface area contributed by atoms with Crippen molar-refractivity contribution in [3.63, 3.8) is 0 Å². The number of aliphatic imine (C=N–C) groups is 1. The SMILES string of the molecule is COc1cc2c(c3c1OC(C)(C)C3)C(c1ccc(C)s1)=NC(C)(C)C2.Cl. The summed E-state index contributed by atoms with van der Waals surface area (Å²) in [5, 5.41) is 0. The van der Waals surface area contributed by atoms with Crippen LogP contribution in [0, 0.1) is 6.92 Å². The Labute approximate surface area is 165 Å². The molecular formula is C21H26ClNO2S. The van der Waals surface area contributed by atoms with Crippen LogP contribution in [0.15, 0.2) is 23.2 Å². The highest BCUT2D eigenvalue weighted by molar-refractivity contribution is 7.14. The monoisotopic (exact) mass is 391 g/mol. The lowest BCUT2D eigenvalue weighted by Gasteiger charge is -2.30. The maximum Gasteiger partial charge on any atom is 0.166 e. The molecule has 140 valence electrons. The van der Waals surface area contributed by atoms with Gasteiger partial charge in [-0.15, -0.1) is 23.7 Å². The van der Waals surface area contributed by atoms with Crippen LogP contribution in [-0.2, 0) is 12.8 Å². The average molecular weight is 392 g/mol. The largest absolute Gasteiger partial charge is 0.493 e. The second-order valence-electron chi connectivity index (χ2n) is 8.32. The van der Waals surface area contributed by atoms with Crippen molar-refractivity contribution < 1.29 is 9.47 Å². The van der Waals surface area contributed by atoms with E-state index < -0.39 is 0 Å². The highest BCUT2D eigenvalue weighted by Gasteiger charge is 2.39. The van der Waals surface area contributed by atoms with Crippen molar-refractivity contribution in [3.05, 3.63) is 44.6 Å². The summed E-state index contributed by atoms with van der Waals surface area (Å²) in [7, 11) is 1.72. The predicted molar refractivity (Wildman–Crippen MR) is 111 cm³/mol. The van der Waals surface area contributed by atoms with Crippen LogP contribution in [0.2, 0.25) is 0 Å². The third-order valence-electron chi connectivity index (χ3n) is 4.87. The third kappa shape index (κ3) is 3.14. The van der Waals surface area contributed by atoms with Gasteiger partial charge in [-0.1, -0.05) is 0 Å². The molecule has 2 aliphatic rings. The Balaban J connectivity index is 0.00000196. The van der Waals surface area contributed by atoms with E-state index in [1.54, 1.807) is 7.11 Å². The predicted octanol–water partition coefficient (Wildman–Crippen LogP) is 5.37. The standard InChI is InChI=1S/C21H25NO2S.ClH/c1-12-7-8-16(25-12)18-17-13(10-20(2,3)22-18)9-15(23-6)19-14(17)11-21(4,5)24-19;/h7-9H,10-11H2,1-6H3;1H. The van der Waals surface area contributed by atoms with E-state index in [2.05, 4.69) is 52.8 Å². The van der Waals surface area contributed by atoms with E-state index in [0.717, 1.165) is 30.1 Å². The lowest BCUT2D eigenvalue weighted by Crippen LogP contribution is -2.30. The Bertz CT molecular complexity index is 896. The molecule has 0 saturated carbocycles. The van der Waals surface area contributed by atoms with Gasteiger partial charge in [0.2, 0.25) is 0 Å². The Hall–Kier alpha value is -1.52. The van der Waals surface area contributed by atoms with E-state index in [1.807, 2.05) is 11.3 Å². The molecule has 0 N–H and O–H groups in total. The molecule has 0 atom stereocenters. The van der Waals surface area contributed by atoms with E-state index in [0.29, 0.717) is 0 Å². The Morgan fingerprint density at radius 2 is 1.88 bits per heavy atom. The molecular weight excluding hydrogens is 366 g/mol. The quantitative estimate of drug-likeness (QED) is 0.688. The fourth-order valence-corrected chi connectivity index (χ4v) is 4.82. The Morgan fingerprint density at radius 1 is 1.15 bits per heavy atom. The zero-order valence-corrected chi connectivity index (χ0v) is 17.9. The number of halogens is 1. The van der Waals surface area contributed by atoms with Crippen molar-refractivity contribution in [2.75, 3.05) is 7.11 Å². The summed E-state index contributed by atoms with van der Waals surface area (Å²) >= 11 is 1.81. The van der Waals surface area contributed by atoms with Crippen molar-refractivity contribution in [2.24, 2.45) is 4.99 Å². The van der Waals surface area contributed by atoms with Crippen molar-refractivity contribution in [1.82, 2.24) is 0 Å². The molecule has 3 heterocycles. The van der Waals surface area contributed by atoms with Crippen molar-refractivity contribution >= 4 is 29.5 Å². The number of fused-ring (bicyclic) bond motifs is 3. The smallest absolute Gasteiger partial charge is 0.166 e. The van der Waals surface area contributed by atoms with Crippen LogP contribution < -0.4 is 9.47 Å². The van der Waals surface area contributed by atoms with Crippen LogP contribution in [0.1, 0.15) is 54.1 Å². The molecule has 26 heavy (non-hydrogen) atoms. The molecule has 0 bridgehead atoms. The zero-order valence-electron chi connectivity index (χ0n) is 16.2. The summed E-state index contributed by atoms with van der Waals surface area (Å²) in [5.41, 5.74) is 4.62. The number of rotatable bonds is 2. The van der Waals surface area contributed by atoms with Gasteiger partial charge in [0.1, 0.15) is 5.60 Å². The molecule has 1 aromatic heterocycles. The van der Waals surface area contributed by atoms with Crippen molar-refractivity contribution in [1.29, 1.82) is 0 Å². The van der Waals surface area contributed by atoms with Crippen LogP contribution in [0.5, 0.6) is 11.5 Å². The van der Waals surface area contributed by atoms with Crippen molar-refractivity contribution in [3.8, 4) is 11.5 Å². The molecule has 2 aromatic rings. The number of hydrogen-bond donors (Lipinski definition) is 0. The number of hydrogen-bond acceptors (Lipinski definition) is 4. The normalized spacial score (nSPS) is 18.9. The van der Waals surface area contributed by atoms with Gasteiger partial charge in [0.05, 0.1) is 23.2 Å². The second-order valence-corrected chi connectivity index (χ2v) is 9.61. The number of nitrogens with zero attached hydrogens (tertiary/aromatic N) is 1. The number of ether oxygens (including phenoxy) is 2. The highest BCUT2D eigenvalue weighted by Crippen LogP contribution is 2.48. The zero-order chi connectivity index (χ0) is 18.0. The molecule has 1 aromatic carbocycles. The van der Waals surface area contributed by atoms with Gasteiger partial charge in [0.15, 0.2) is 11.5 Å². The van der Waals surface area contributed by atoms with Gasteiger partial charge in [-0.25, -0.2) is 0 Å². The van der Waals surface area contributed by atoms with E-state index >= 15 is 0 Å². The minimum Gasteiger partial charge on any atom is -0.493 e. The molecule has 2 aliphatic heterocycles. The van der Waals surface area contributed by atoms with Gasteiger partial charge in [-0.05, 0) is 64.8 Å². The van der Waals surface area contributed by atoms with Gasteiger partial charge in [0, 0.05) is 22.4 Å².